The van der Waals surface area contributed by atoms with Gasteiger partial charge in [-0.15, -0.1) is 0 Å². The van der Waals surface area contributed by atoms with Crippen LogP contribution in [0.5, 0.6) is 0 Å². The molecule has 3 aromatic heterocycles. The van der Waals surface area contributed by atoms with E-state index in [1.807, 2.05) is 16.8 Å². The summed E-state index contributed by atoms with van der Waals surface area (Å²) in [7, 11) is -1.11. The standard InChI is InChI=1S/C21H28N4O3Si.C4H9.Li/c1-29(2,3)11-10-27-14-25-9-8-16-18(23-13-24-20(16)25)17-12-22-21(28-17)19(26)15-6-4-5-7-15;1-3-4-2;/h8-9,12-13,15H,4-7,10-11,14H2,1-3H3;1,3-4H2,2H3;/q;-1;+1. The van der Waals surface area contributed by atoms with Crippen LogP contribution < -0.4 is 18.9 Å². The van der Waals surface area contributed by atoms with Crippen LogP contribution in [0.25, 0.3) is 22.5 Å². The number of ketones is 1. The van der Waals surface area contributed by atoms with E-state index in [1.54, 1.807) is 6.20 Å². The summed E-state index contributed by atoms with van der Waals surface area (Å²) in [6.07, 6.45) is 11.4. The number of carbonyl (C=O) groups excluding carboxylic acids is 1. The maximum atomic E-state index is 12.6. The molecule has 7 nitrogen and oxygen atoms in total. The van der Waals surface area contributed by atoms with Crippen molar-refractivity contribution >= 4 is 24.9 Å². The number of hydrogen-bond donors (Lipinski definition) is 0. The van der Waals surface area contributed by atoms with Crippen molar-refractivity contribution in [3.8, 4) is 11.5 Å². The fourth-order valence-electron chi connectivity index (χ4n) is 3.71. The minimum absolute atomic E-state index is 0. The molecule has 0 aromatic carbocycles. The normalized spacial score (nSPS) is 14.0. The molecule has 180 valence electrons. The van der Waals surface area contributed by atoms with Gasteiger partial charge in [0.1, 0.15) is 24.4 Å². The van der Waals surface area contributed by atoms with Gasteiger partial charge in [-0.25, -0.2) is 15.0 Å². The Kier molecular flexibility index (Phi) is 11.2. The number of ether oxygens (including phenoxy) is 1. The fraction of sp³-hybridized carbons (Fsp3) is 0.560. The summed E-state index contributed by atoms with van der Waals surface area (Å²) in [6, 6.07) is 3.08. The molecule has 1 saturated carbocycles. The number of oxazole rings is 1. The summed E-state index contributed by atoms with van der Waals surface area (Å²) in [5.41, 5.74) is 1.43. The molecule has 0 amide bonds. The Bertz CT molecular complexity index is 1040. The fourth-order valence-corrected chi connectivity index (χ4v) is 4.46. The average molecular weight is 477 g/mol. The van der Waals surface area contributed by atoms with Crippen molar-refractivity contribution in [3.63, 3.8) is 0 Å². The average Bonchev–Trinajstić information content (AvgIpc) is 3.56. The summed E-state index contributed by atoms with van der Waals surface area (Å²) >= 11 is 0. The third kappa shape index (κ3) is 7.64. The number of aromatic nitrogens is 4. The van der Waals surface area contributed by atoms with Gasteiger partial charge in [0.15, 0.2) is 5.76 Å². The summed E-state index contributed by atoms with van der Waals surface area (Å²) < 4.78 is 13.6. The first-order valence-electron chi connectivity index (χ1n) is 12.0. The molecule has 4 rings (SSSR count). The van der Waals surface area contributed by atoms with E-state index in [4.69, 9.17) is 9.15 Å². The third-order valence-corrected chi connectivity index (χ3v) is 7.52. The second-order valence-corrected chi connectivity index (χ2v) is 15.4. The van der Waals surface area contributed by atoms with Crippen LogP contribution in [-0.2, 0) is 11.5 Å². The molecule has 3 heterocycles. The number of nitrogens with zero attached hydrogens (tertiary/aromatic N) is 4. The maximum Gasteiger partial charge on any atom is 1.00 e. The Morgan fingerprint density at radius 2 is 1.94 bits per heavy atom. The van der Waals surface area contributed by atoms with E-state index < -0.39 is 8.07 Å². The summed E-state index contributed by atoms with van der Waals surface area (Å²) in [4.78, 5) is 25.6. The maximum absolute atomic E-state index is 12.6. The van der Waals surface area contributed by atoms with Gasteiger partial charge in [-0.1, -0.05) is 45.8 Å². The van der Waals surface area contributed by atoms with Crippen molar-refractivity contribution in [3.05, 3.63) is 37.6 Å². The quantitative estimate of drug-likeness (QED) is 0.204. The number of hydrogen-bond acceptors (Lipinski definition) is 6. The molecule has 9 heteroatoms. The van der Waals surface area contributed by atoms with Crippen LogP contribution in [0.15, 0.2) is 29.2 Å². The molecule has 1 fully saturated rings. The predicted octanol–water partition coefficient (Wildman–Crippen LogP) is 3.40. The molecule has 0 bridgehead atoms. The first-order valence-corrected chi connectivity index (χ1v) is 15.7. The number of Topliss-reactive ketones (excluding diaryl/α,β-unsaturated/α-hetero) is 1. The minimum Gasteiger partial charge on any atom is -0.432 e. The van der Waals surface area contributed by atoms with E-state index in [1.165, 1.54) is 12.7 Å². The topological polar surface area (TPSA) is 83.0 Å². The first kappa shape index (κ1) is 28.5. The monoisotopic (exact) mass is 476 g/mol. The van der Waals surface area contributed by atoms with Gasteiger partial charge in [0, 0.05) is 32.2 Å². The van der Waals surface area contributed by atoms with Crippen molar-refractivity contribution in [2.75, 3.05) is 6.61 Å². The van der Waals surface area contributed by atoms with E-state index >= 15 is 0 Å². The molecule has 1 aliphatic rings. The van der Waals surface area contributed by atoms with Crippen LogP contribution in [0.2, 0.25) is 25.7 Å². The predicted molar refractivity (Wildman–Crippen MR) is 134 cm³/mol. The van der Waals surface area contributed by atoms with Crippen LogP contribution in [0.3, 0.4) is 0 Å². The minimum atomic E-state index is -1.11. The Morgan fingerprint density at radius 1 is 1.24 bits per heavy atom. The molecule has 0 N–H and O–H groups in total. The molecular formula is C25H37LiN4O3Si. The van der Waals surface area contributed by atoms with Crippen LogP contribution in [0.4, 0.5) is 0 Å². The van der Waals surface area contributed by atoms with Gasteiger partial charge < -0.3 is 20.6 Å². The molecule has 34 heavy (non-hydrogen) atoms. The molecule has 0 saturated heterocycles. The van der Waals surface area contributed by atoms with E-state index in [9.17, 15) is 4.79 Å². The molecular weight excluding hydrogens is 439 g/mol. The van der Waals surface area contributed by atoms with Gasteiger partial charge in [-0.05, 0) is 25.0 Å². The smallest absolute Gasteiger partial charge is 0.432 e. The Morgan fingerprint density at radius 3 is 2.59 bits per heavy atom. The van der Waals surface area contributed by atoms with Gasteiger partial charge in [0.25, 0.3) is 5.89 Å². The second-order valence-electron chi connectivity index (χ2n) is 9.82. The molecule has 3 aromatic rings. The summed E-state index contributed by atoms with van der Waals surface area (Å²) in [5.74, 6) is 0.734. The Hall–Kier alpha value is -1.73. The molecule has 0 atom stereocenters. The SMILES string of the molecule is C[Si](C)(C)CCOCn1ccc2c(-c3cnc(C(=O)C4CCCC4)o3)ncnc21.[CH2-]CCC.[Li+]. The third-order valence-electron chi connectivity index (χ3n) is 5.81. The van der Waals surface area contributed by atoms with Gasteiger partial charge in [-0.3, -0.25) is 4.79 Å². The van der Waals surface area contributed by atoms with Crippen LogP contribution >= 0.6 is 0 Å². The molecule has 0 unspecified atom stereocenters. The van der Waals surface area contributed by atoms with E-state index in [0.717, 1.165) is 55.8 Å². The zero-order valence-electron chi connectivity index (χ0n) is 21.5. The first-order chi connectivity index (χ1) is 15.8. The van der Waals surface area contributed by atoms with Crippen molar-refractivity contribution < 1.29 is 32.8 Å². The molecule has 0 spiro atoms. The van der Waals surface area contributed by atoms with Gasteiger partial charge in [0.05, 0.1) is 6.20 Å². The van der Waals surface area contributed by atoms with Crippen molar-refractivity contribution in [2.45, 2.75) is 77.9 Å². The van der Waals surface area contributed by atoms with Crippen LogP contribution in [0.1, 0.15) is 56.1 Å². The largest absolute Gasteiger partial charge is 1.00 e. The molecule has 1 aliphatic carbocycles. The number of fused-ring (bicyclic) bond motifs is 1. The molecule has 0 aliphatic heterocycles. The van der Waals surface area contributed by atoms with E-state index in [2.05, 4.69) is 48.4 Å². The number of rotatable bonds is 9. The zero-order chi connectivity index (χ0) is 23.8. The van der Waals surface area contributed by atoms with Gasteiger partial charge >= 0.3 is 18.9 Å². The number of unbranched alkanes of at least 4 members (excludes halogenated alkanes) is 1. The van der Waals surface area contributed by atoms with Crippen molar-refractivity contribution in [1.82, 2.24) is 19.5 Å². The summed E-state index contributed by atoms with van der Waals surface area (Å²) in [6.45, 7) is 13.9. The van der Waals surface area contributed by atoms with Crippen molar-refractivity contribution in [2.24, 2.45) is 5.92 Å². The van der Waals surface area contributed by atoms with Crippen LogP contribution in [-0.4, -0.2) is 40.0 Å². The van der Waals surface area contributed by atoms with Gasteiger partial charge in [0.2, 0.25) is 5.78 Å². The second kappa shape index (κ2) is 13.4. The summed E-state index contributed by atoms with van der Waals surface area (Å²) in [5, 5.41) is 0.859. The zero-order valence-corrected chi connectivity index (χ0v) is 22.5. The number of carbonyl (C=O) groups is 1. The Balaban J connectivity index is 0.000000758. The molecule has 0 radical (unpaired) electrons. The van der Waals surface area contributed by atoms with Crippen molar-refractivity contribution in [1.29, 1.82) is 0 Å². The van der Waals surface area contributed by atoms with E-state index in [0.29, 0.717) is 18.2 Å². The van der Waals surface area contributed by atoms with Crippen LogP contribution in [0, 0.1) is 12.8 Å². The van der Waals surface area contributed by atoms with Gasteiger partial charge in [-0.2, -0.15) is 6.42 Å². The Labute approximate surface area is 216 Å². The van der Waals surface area contributed by atoms with E-state index in [-0.39, 0.29) is 36.5 Å².